The van der Waals surface area contributed by atoms with Crippen molar-refractivity contribution in [1.29, 1.82) is 0 Å². The second-order valence-electron chi connectivity index (χ2n) is 11.4. The number of nitrogens with zero attached hydrogens (tertiary/aromatic N) is 5. The fourth-order valence-corrected chi connectivity index (χ4v) is 4.72. The Bertz CT molecular complexity index is 1300. The van der Waals surface area contributed by atoms with Gasteiger partial charge in [-0.3, -0.25) is 9.36 Å². The second-order valence-corrected chi connectivity index (χ2v) is 11.4. The van der Waals surface area contributed by atoms with Crippen LogP contribution in [0.2, 0.25) is 0 Å². The highest BCUT2D eigenvalue weighted by Crippen LogP contribution is 2.33. The first-order valence-corrected chi connectivity index (χ1v) is 13.3. The third-order valence-corrected chi connectivity index (χ3v) is 7.00. The number of rotatable bonds is 4. The average molecular weight is 542 g/mol. The lowest BCUT2D eigenvalue weighted by Gasteiger charge is -2.32. The second kappa shape index (κ2) is 10.6. The Kier molecular flexibility index (Phi) is 7.37. The van der Waals surface area contributed by atoms with Gasteiger partial charge < -0.3 is 35.6 Å². The summed E-state index contributed by atoms with van der Waals surface area (Å²) in [7, 11) is 0. The quantitative estimate of drug-likeness (QED) is 0.403. The van der Waals surface area contributed by atoms with Gasteiger partial charge in [-0.1, -0.05) is 5.92 Å². The Morgan fingerprint density at radius 1 is 1.18 bits per heavy atom. The Hall–Kier alpha value is -3.47. The summed E-state index contributed by atoms with van der Waals surface area (Å²) >= 11 is 0. The molecule has 2 saturated heterocycles. The summed E-state index contributed by atoms with van der Waals surface area (Å²) in [5.41, 5.74) is 6.16. The normalized spacial score (nSPS) is 25.8. The minimum absolute atomic E-state index is 0.0877. The van der Waals surface area contributed by atoms with Gasteiger partial charge in [-0.25, -0.2) is 19.7 Å². The molecule has 1 aliphatic carbocycles. The first-order valence-electron chi connectivity index (χ1n) is 13.3. The summed E-state index contributed by atoms with van der Waals surface area (Å²) in [6.45, 7) is 6.79. The number of nitrogens with one attached hydrogen (secondary N) is 1. The molecule has 2 aliphatic heterocycles. The standard InChI is InChI=1S/C26H35N7O6/c1-26(2,3)39-25(37)32-11-9-14(10-12-32)5-4-6-16-30-21(27)17-22(31-16)33(13-28-17)24-19(35)18(34)20(38-24)23(36)29-15-7-8-15/h13-15,18-20,24,34-35H,5,7-12H2,1-3H3,(H,29,36)(H2,27,30,31)/t18-,19?,20+,24-/m1/s1. The van der Waals surface area contributed by atoms with Crippen molar-refractivity contribution in [2.45, 2.75) is 89.1 Å². The lowest BCUT2D eigenvalue weighted by Crippen LogP contribution is -2.43. The van der Waals surface area contributed by atoms with Gasteiger partial charge in [0.15, 0.2) is 23.8 Å². The maximum Gasteiger partial charge on any atom is 0.410 e. The number of hydrogen-bond acceptors (Lipinski definition) is 10. The van der Waals surface area contributed by atoms with Crippen LogP contribution < -0.4 is 11.1 Å². The zero-order valence-electron chi connectivity index (χ0n) is 22.3. The molecule has 39 heavy (non-hydrogen) atoms. The van der Waals surface area contributed by atoms with Gasteiger partial charge in [-0.2, -0.15) is 0 Å². The van der Waals surface area contributed by atoms with Gasteiger partial charge >= 0.3 is 6.09 Å². The smallest absolute Gasteiger partial charge is 0.410 e. The molecule has 3 aliphatic rings. The van der Waals surface area contributed by atoms with Crippen LogP contribution in [0.15, 0.2) is 6.33 Å². The number of aromatic nitrogens is 4. The molecule has 210 valence electrons. The van der Waals surface area contributed by atoms with Crippen molar-refractivity contribution in [3.63, 3.8) is 0 Å². The van der Waals surface area contributed by atoms with E-state index in [9.17, 15) is 19.8 Å². The van der Waals surface area contributed by atoms with Crippen molar-refractivity contribution in [2.24, 2.45) is 5.92 Å². The number of piperidine rings is 1. The third-order valence-electron chi connectivity index (χ3n) is 7.00. The molecule has 5 N–H and O–H groups in total. The van der Waals surface area contributed by atoms with Crippen LogP contribution in [0.4, 0.5) is 10.6 Å². The van der Waals surface area contributed by atoms with Gasteiger partial charge in [0.25, 0.3) is 5.91 Å². The van der Waals surface area contributed by atoms with E-state index in [1.165, 1.54) is 10.9 Å². The van der Waals surface area contributed by atoms with Crippen LogP contribution in [0, 0.1) is 17.8 Å². The number of anilines is 1. The molecule has 2 amide bonds. The number of aliphatic hydroxyl groups is 2. The SMILES string of the molecule is CC(C)(C)OC(=O)N1CCC(CC#Cc2nc(N)c3ncn([C@@H]4O[C@H](C(=O)NC5CC5)[C@H](O)C4O)c3n2)CC1. The Morgan fingerprint density at radius 2 is 1.90 bits per heavy atom. The monoisotopic (exact) mass is 541 g/mol. The molecule has 1 saturated carbocycles. The number of carbonyl (C=O) groups excluding carboxylic acids is 2. The molecule has 4 heterocycles. The van der Waals surface area contributed by atoms with E-state index in [-0.39, 0.29) is 29.4 Å². The van der Waals surface area contributed by atoms with Crippen molar-refractivity contribution < 1.29 is 29.3 Å². The largest absolute Gasteiger partial charge is 0.444 e. The first-order chi connectivity index (χ1) is 18.5. The Morgan fingerprint density at radius 3 is 2.56 bits per heavy atom. The first kappa shape index (κ1) is 27.1. The number of fused-ring (bicyclic) bond motifs is 1. The fraction of sp³-hybridized carbons (Fsp3) is 0.654. The highest BCUT2D eigenvalue weighted by molar-refractivity contribution is 5.83. The van der Waals surface area contributed by atoms with Crippen molar-refractivity contribution in [2.75, 3.05) is 18.8 Å². The van der Waals surface area contributed by atoms with Gasteiger partial charge in [0.2, 0.25) is 5.82 Å². The molecule has 13 heteroatoms. The molecule has 13 nitrogen and oxygen atoms in total. The summed E-state index contributed by atoms with van der Waals surface area (Å²) in [5, 5.41) is 23.9. The van der Waals surface area contributed by atoms with E-state index in [0.717, 1.165) is 25.7 Å². The van der Waals surface area contributed by atoms with Gasteiger partial charge in [0.05, 0.1) is 6.33 Å². The van der Waals surface area contributed by atoms with Crippen LogP contribution in [0.1, 0.15) is 64.9 Å². The zero-order chi connectivity index (χ0) is 27.9. The molecular formula is C26H35N7O6. The van der Waals surface area contributed by atoms with Gasteiger partial charge in [0, 0.05) is 25.6 Å². The molecule has 0 spiro atoms. The molecule has 3 fully saturated rings. The van der Waals surface area contributed by atoms with Crippen LogP contribution in [0.5, 0.6) is 0 Å². The maximum absolute atomic E-state index is 12.5. The number of imidazole rings is 1. The topological polar surface area (TPSA) is 178 Å². The number of amides is 2. The molecule has 2 aromatic heterocycles. The molecular weight excluding hydrogens is 506 g/mol. The molecule has 4 atom stereocenters. The van der Waals surface area contributed by atoms with Crippen LogP contribution in [-0.4, -0.2) is 89.7 Å². The van der Waals surface area contributed by atoms with E-state index in [4.69, 9.17) is 15.2 Å². The van der Waals surface area contributed by atoms with Gasteiger partial charge in [0.1, 0.15) is 23.3 Å². The van der Waals surface area contributed by atoms with Gasteiger partial charge in [-0.15, -0.1) is 0 Å². The summed E-state index contributed by atoms with van der Waals surface area (Å²) in [5.74, 6) is 6.24. The van der Waals surface area contributed by atoms with Crippen molar-refractivity contribution in [3.8, 4) is 11.8 Å². The maximum atomic E-state index is 12.5. The Balaban J connectivity index is 1.24. The number of nitrogens with two attached hydrogens (primary N) is 1. The van der Waals surface area contributed by atoms with Crippen molar-refractivity contribution >= 4 is 29.0 Å². The van der Waals surface area contributed by atoms with E-state index in [2.05, 4.69) is 32.1 Å². The van der Waals surface area contributed by atoms with Crippen molar-refractivity contribution in [3.05, 3.63) is 12.2 Å². The van der Waals surface area contributed by atoms with Crippen LogP contribution in [-0.2, 0) is 14.3 Å². The third kappa shape index (κ3) is 6.08. The molecule has 1 unspecified atom stereocenters. The predicted octanol–water partition coefficient (Wildman–Crippen LogP) is 0.695. The molecule has 0 bridgehead atoms. The number of likely N-dealkylation sites (tertiary alicyclic amines) is 1. The zero-order valence-corrected chi connectivity index (χ0v) is 22.3. The number of carbonyl (C=O) groups is 2. The van der Waals surface area contributed by atoms with E-state index >= 15 is 0 Å². The number of aliphatic hydroxyl groups excluding tert-OH is 2. The number of nitrogen functional groups attached to an aromatic ring is 1. The Labute approximate surface area is 226 Å². The van der Waals surface area contributed by atoms with E-state index in [1.54, 1.807) is 4.90 Å². The van der Waals surface area contributed by atoms with E-state index < -0.39 is 36.0 Å². The van der Waals surface area contributed by atoms with Crippen LogP contribution in [0.25, 0.3) is 11.2 Å². The highest BCUT2D eigenvalue weighted by Gasteiger charge is 2.48. The van der Waals surface area contributed by atoms with Crippen LogP contribution >= 0.6 is 0 Å². The lowest BCUT2D eigenvalue weighted by atomic mass is 9.94. The van der Waals surface area contributed by atoms with E-state index in [1.807, 2.05) is 20.8 Å². The van der Waals surface area contributed by atoms with Crippen LogP contribution in [0.3, 0.4) is 0 Å². The minimum atomic E-state index is -1.41. The summed E-state index contributed by atoms with van der Waals surface area (Å²) < 4.78 is 12.6. The fourth-order valence-electron chi connectivity index (χ4n) is 4.72. The highest BCUT2D eigenvalue weighted by atomic mass is 16.6. The molecule has 0 radical (unpaired) electrons. The minimum Gasteiger partial charge on any atom is -0.444 e. The average Bonchev–Trinajstić information content (AvgIpc) is 3.50. The molecule has 2 aromatic rings. The number of ether oxygens (including phenoxy) is 2. The predicted molar refractivity (Wildman–Crippen MR) is 139 cm³/mol. The summed E-state index contributed by atoms with van der Waals surface area (Å²) in [6, 6.07) is 0.0877. The number of hydrogen-bond donors (Lipinski definition) is 4. The summed E-state index contributed by atoms with van der Waals surface area (Å²) in [4.78, 5) is 39.4. The van der Waals surface area contributed by atoms with Gasteiger partial charge in [-0.05, 0) is 58.3 Å². The van der Waals surface area contributed by atoms with E-state index in [0.29, 0.717) is 30.9 Å². The summed E-state index contributed by atoms with van der Waals surface area (Å²) in [6.07, 6.45) is 0.00354. The lowest BCUT2D eigenvalue weighted by molar-refractivity contribution is -0.137. The molecule has 5 rings (SSSR count). The molecule has 0 aromatic carbocycles. The van der Waals surface area contributed by atoms with Crippen molar-refractivity contribution in [1.82, 2.24) is 29.7 Å².